The zero-order chi connectivity index (χ0) is 15.4. The van der Waals surface area contributed by atoms with E-state index in [0.29, 0.717) is 6.54 Å². The summed E-state index contributed by atoms with van der Waals surface area (Å²) in [5.74, 6) is 1.56. The van der Waals surface area contributed by atoms with Gasteiger partial charge in [-0.2, -0.15) is 0 Å². The second kappa shape index (κ2) is 6.83. The van der Waals surface area contributed by atoms with Crippen LogP contribution in [0.5, 0.6) is 11.5 Å². The number of nitrogens with two attached hydrogens (primary N) is 1. The Bertz CT molecular complexity index is 605. The molecule has 0 heterocycles. The summed E-state index contributed by atoms with van der Waals surface area (Å²) in [5.41, 5.74) is 8.83. The number of rotatable bonds is 5. The van der Waals surface area contributed by atoms with Crippen LogP contribution < -0.4 is 15.2 Å². The maximum absolute atomic E-state index is 6.18. The lowest BCUT2D eigenvalue weighted by Crippen LogP contribution is -2.18. The van der Waals surface area contributed by atoms with Gasteiger partial charge in [-0.1, -0.05) is 23.7 Å². The van der Waals surface area contributed by atoms with Crippen LogP contribution in [0.15, 0.2) is 36.4 Å². The Kier molecular flexibility index (Phi) is 5.10. The number of hydrogen-bond donors (Lipinski definition) is 1. The Balaban J connectivity index is 2.26. The molecule has 0 fully saturated rings. The average Bonchev–Trinajstić information content (AvgIpc) is 2.50. The molecule has 3 nitrogen and oxygen atoms in total. The quantitative estimate of drug-likeness (QED) is 0.906. The van der Waals surface area contributed by atoms with Gasteiger partial charge in [-0.15, -0.1) is 0 Å². The lowest BCUT2D eigenvalue weighted by molar-refractivity contribution is 0.213. The van der Waals surface area contributed by atoms with Crippen LogP contribution in [-0.4, -0.2) is 13.7 Å². The number of hydrogen-bond acceptors (Lipinski definition) is 3. The largest absolute Gasteiger partial charge is 0.497 e. The van der Waals surface area contributed by atoms with Crippen molar-refractivity contribution in [2.24, 2.45) is 5.73 Å². The van der Waals surface area contributed by atoms with E-state index < -0.39 is 0 Å². The first-order valence-corrected chi connectivity index (χ1v) is 7.20. The summed E-state index contributed by atoms with van der Waals surface area (Å²) in [6, 6.07) is 11.6. The summed E-state index contributed by atoms with van der Waals surface area (Å²) in [6.45, 7) is 4.31. The van der Waals surface area contributed by atoms with Crippen LogP contribution in [0.1, 0.15) is 22.8 Å². The minimum atomic E-state index is -0.222. The van der Waals surface area contributed by atoms with Gasteiger partial charge in [0.25, 0.3) is 0 Å². The van der Waals surface area contributed by atoms with Gasteiger partial charge in [0.1, 0.15) is 17.6 Å². The molecule has 2 rings (SSSR count). The van der Waals surface area contributed by atoms with E-state index in [-0.39, 0.29) is 6.10 Å². The monoisotopic (exact) mass is 305 g/mol. The molecule has 0 spiro atoms. The lowest BCUT2D eigenvalue weighted by Gasteiger charge is -2.19. The normalized spacial score (nSPS) is 12.0. The highest BCUT2D eigenvalue weighted by Crippen LogP contribution is 2.29. The minimum absolute atomic E-state index is 0.222. The molecular weight excluding hydrogens is 286 g/mol. The topological polar surface area (TPSA) is 44.5 Å². The maximum atomic E-state index is 6.18. The van der Waals surface area contributed by atoms with E-state index in [0.717, 1.165) is 33.2 Å². The van der Waals surface area contributed by atoms with Gasteiger partial charge in [-0.3, -0.25) is 0 Å². The summed E-state index contributed by atoms with van der Waals surface area (Å²) < 4.78 is 11.3. The first kappa shape index (κ1) is 15.7. The standard InChI is InChI=1S/C17H20ClNO2/c1-11-7-15(8-12(2)17(11)18)21-16(10-19)13-5-4-6-14(9-13)20-3/h4-9,16H,10,19H2,1-3H3. The molecule has 0 aliphatic rings. The van der Waals surface area contributed by atoms with E-state index >= 15 is 0 Å². The number of benzene rings is 2. The van der Waals surface area contributed by atoms with E-state index in [9.17, 15) is 0 Å². The number of methoxy groups -OCH3 is 1. The lowest BCUT2D eigenvalue weighted by atomic mass is 10.1. The van der Waals surface area contributed by atoms with Gasteiger partial charge >= 0.3 is 0 Å². The molecule has 0 saturated carbocycles. The molecule has 4 heteroatoms. The molecular formula is C17H20ClNO2. The van der Waals surface area contributed by atoms with Gasteiger partial charge in [0.15, 0.2) is 0 Å². The molecule has 0 saturated heterocycles. The Morgan fingerprint density at radius 3 is 2.33 bits per heavy atom. The molecule has 0 bridgehead atoms. The number of ether oxygens (including phenoxy) is 2. The Hall–Kier alpha value is -1.71. The van der Waals surface area contributed by atoms with Crippen LogP contribution in [-0.2, 0) is 0 Å². The first-order valence-electron chi connectivity index (χ1n) is 6.82. The molecule has 0 radical (unpaired) electrons. The second-order valence-corrected chi connectivity index (χ2v) is 5.37. The van der Waals surface area contributed by atoms with Crippen LogP contribution in [0.3, 0.4) is 0 Å². The summed E-state index contributed by atoms with van der Waals surface area (Å²) in [5, 5.41) is 0.771. The SMILES string of the molecule is COc1cccc(C(CN)Oc2cc(C)c(Cl)c(C)c2)c1. The highest BCUT2D eigenvalue weighted by molar-refractivity contribution is 6.32. The van der Waals surface area contributed by atoms with Crippen LogP contribution in [0.2, 0.25) is 5.02 Å². The Morgan fingerprint density at radius 2 is 1.76 bits per heavy atom. The van der Waals surface area contributed by atoms with Crippen molar-refractivity contribution in [3.8, 4) is 11.5 Å². The molecule has 2 N–H and O–H groups in total. The molecule has 1 atom stereocenters. The van der Waals surface area contributed by atoms with Crippen molar-refractivity contribution < 1.29 is 9.47 Å². The van der Waals surface area contributed by atoms with Crippen LogP contribution in [0, 0.1) is 13.8 Å². The molecule has 0 amide bonds. The smallest absolute Gasteiger partial charge is 0.136 e. The van der Waals surface area contributed by atoms with Crippen molar-refractivity contribution >= 4 is 11.6 Å². The van der Waals surface area contributed by atoms with Crippen LogP contribution in [0.4, 0.5) is 0 Å². The fourth-order valence-corrected chi connectivity index (χ4v) is 2.34. The first-order chi connectivity index (χ1) is 10.0. The highest BCUT2D eigenvalue weighted by atomic mass is 35.5. The Labute approximate surface area is 130 Å². The van der Waals surface area contributed by atoms with Crippen molar-refractivity contribution in [2.75, 3.05) is 13.7 Å². The van der Waals surface area contributed by atoms with Gasteiger partial charge in [-0.25, -0.2) is 0 Å². The fourth-order valence-electron chi connectivity index (χ4n) is 2.23. The van der Waals surface area contributed by atoms with Crippen LogP contribution >= 0.6 is 11.6 Å². The highest BCUT2D eigenvalue weighted by Gasteiger charge is 2.13. The van der Waals surface area contributed by atoms with E-state index in [1.54, 1.807) is 7.11 Å². The number of aryl methyl sites for hydroxylation is 2. The zero-order valence-electron chi connectivity index (χ0n) is 12.5. The third-order valence-electron chi connectivity index (χ3n) is 3.37. The molecule has 21 heavy (non-hydrogen) atoms. The third kappa shape index (κ3) is 3.69. The molecule has 0 aliphatic carbocycles. The van der Waals surface area contributed by atoms with Crippen LogP contribution in [0.25, 0.3) is 0 Å². The predicted molar refractivity (Wildman–Crippen MR) is 86.3 cm³/mol. The van der Waals surface area contributed by atoms with E-state index in [1.807, 2.05) is 50.2 Å². The predicted octanol–water partition coefficient (Wildman–Crippen LogP) is 4.04. The van der Waals surface area contributed by atoms with Gasteiger partial charge < -0.3 is 15.2 Å². The van der Waals surface area contributed by atoms with Crippen molar-refractivity contribution in [1.29, 1.82) is 0 Å². The maximum Gasteiger partial charge on any atom is 0.136 e. The molecule has 0 aromatic heterocycles. The molecule has 2 aromatic rings. The molecule has 0 aliphatic heterocycles. The van der Waals surface area contributed by atoms with Crippen molar-refractivity contribution in [3.05, 3.63) is 58.1 Å². The summed E-state index contributed by atoms with van der Waals surface area (Å²) in [7, 11) is 1.64. The third-order valence-corrected chi connectivity index (χ3v) is 3.96. The molecule has 2 aromatic carbocycles. The minimum Gasteiger partial charge on any atom is -0.497 e. The van der Waals surface area contributed by atoms with Crippen molar-refractivity contribution in [2.45, 2.75) is 20.0 Å². The van der Waals surface area contributed by atoms with Gasteiger partial charge in [0.05, 0.1) is 7.11 Å². The summed E-state index contributed by atoms with van der Waals surface area (Å²) >= 11 is 6.18. The summed E-state index contributed by atoms with van der Waals surface area (Å²) in [4.78, 5) is 0. The second-order valence-electron chi connectivity index (χ2n) is 4.99. The molecule has 112 valence electrons. The van der Waals surface area contributed by atoms with Gasteiger partial charge in [-0.05, 0) is 54.8 Å². The fraction of sp³-hybridized carbons (Fsp3) is 0.294. The van der Waals surface area contributed by atoms with Gasteiger partial charge in [0, 0.05) is 11.6 Å². The zero-order valence-corrected chi connectivity index (χ0v) is 13.3. The van der Waals surface area contributed by atoms with Gasteiger partial charge in [0.2, 0.25) is 0 Å². The van der Waals surface area contributed by atoms with Crippen molar-refractivity contribution in [3.63, 3.8) is 0 Å². The Morgan fingerprint density at radius 1 is 1.10 bits per heavy atom. The number of halogens is 1. The van der Waals surface area contributed by atoms with E-state index in [2.05, 4.69) is 0 Å². The average molecular weight is 306 g/mol. The van der Waals surface area contributed by atoms with Crippen molar-refractivity contribution in [1.82, 2.24) is 0 Å². The summed E-state index contributed by atoms with van der Waals surface area (Å²) in [6.07, 6.45) is -0.222. The molecule has 1 unspecified atom stereocenters. The van der Waals surface area contributed by atoms with E-state index in [4.69, 9.17) is 26.8 Å². The van der Waals surface area contributed by atoms with E-state index in [1.165, 1.54) is 0 Å².